The van der Waals surface area contributed by atoms with Crippen LogP contribution in [0.4, 0.5) is 0 Å². The lowest BCUT2D eigenvalue weighted by Crippen LogP contribution is -2.24. The number of benzene rings is 1. The summed E-state index contributed by atoms with van der Waals surface area (Å²) in [7, 11) is 0. The first-order valence-electron chi connectivity index (χ1n) is 7.71. The molecule has 1 aromatic rings. The Bertz CT molecular complexity index is 404. The van der Waals surface area contributed by atoms with Crippen LogP contribution in [0.3, 0.4) is 0 Å². The van der Waals surface area contributed by atoms with Gasteiger partial charge in [-0.25, -0.2) is 0 Å². The molecule has 0 aromatic heterocycles. The molecule has 20 heavy (non-hydrogen) atoms. The molecule has 1 aromatic carbocycles. The van der Waals surface area contributed by atoms with Crippen LogP contribution in [0.15, 0.2) is 24.3 Å². The fraction of sp³-hybridized carbons (Fsp3) is 0.647. The van der Waals surface area contributed by atoms with E-state index in [0.29, 0.717) is 11.8 Å². The predicted molar refractivity (Wildman–Crippen MR) is 85.5 cm³/mol. The average Bonchev–Trinajstić information content (AvgIpc) is 3.21. The molecule has 1 fully saturated rings. The second-order valence-corrected chi connectivity index (χ2v) is 6.63. The molecule has 2 nitrogen and oxygen atoms in total. The van der Waals surface area contributed by atoms with Crippen molar-refractivity contribution < 1.29 is 4.74 Å². The third-order valence-corrected chi connectivity index (χ3v) is 3.85. The van der Waals surface area contributed by atoms with E-state index in [4.69, 9.17) is 16.3 Å². The molecule has 1 aliphatic carbocycles. The first-order chi connectivity index (χ1) is 9.65. The summed E-state index contributed by atoms with van der Waals surface area (Å²) in [5.41, 5.74) is 1.32. The monoisotopic (exact) mass is 295 g/mol. The van der Waals surface area contributed by atoms with E-state index in [-0.39, 0.29) is 0 Å². The molecule has 0 bridgehead atoms. The minimum atomic E-state index is 0.487. The van der Waals surface area contributed by atoms with Gasteiger partial charge in [-0.2, -0.15) is 0 Å². The Kier molecular flexibility index (Phi) is 6.34. The Morgan fingerprint density at radius 3 is 2.80 bits per heavy atom. The van der Waals surface area contributed by atoms with Crippen molar-refractivity contribution in [2.45, 2.75) is 45.1 Å². The number of rotatable bonds is 9. The fourth-order valence-corrected chi connectivity index (χ4v) is 2.49. The van der Waals surface area contributed by atoms with Crippen molar-refractivity contribution in [3.8, 4) is 0 Å². The Balaban J connectivity index is 1.85. The zero-order chi connectivity index (χ0) is 14.4. The molecule has 1 saturated carbocycles. The van der Waals surface area contributed by atoms with Gasteiger partial charge >= 0.3 is 0 Å². The molecule has 0 radical (unpaired) electrons. The van der Waals surface area contributed by atoms with Crippen molar-refractivity contribution in [2.24, 2.45) is 5.92 Å². The summed E-state index contributed by atoms with van der Waals surface area (Å²) in [5.74, 6) is 1.09. The molecule has 1 unspecified atom stereocenters. The zero-order valence-electron chi connectivity index (χ0n) is 12.6. The van der Waals surface area contributed by atoms with Gasteiger partial charge in [-0.1, -0.05) is 37.6 Å². The number of nitrogens with one attached hydrogen (secondary N) is 1. The second-order valence-electron chi connectivity index (χ2n) is 6.19. The number of halogens is 1. The van der Waals surface area contributed by atoms with E-state index in [2.05, 4.69) is 31.3 Å². The van der Waals surface area contributed by atoms with Crippen LogP contribution in [0.25, 0.3) is 0 Å². The molecular formula is C17H26ClNO. The van der Waals surface area contributed by atoms with Crippen molar-refractivity contribution in [2.75, 3.05) is 19.8 Å². The summed E-state index contributed by atoms with van der Waals surface area (Å²) in [6.07, 6.45) is 3.70. The van der Waals surface area contributed by atoms with Crippen LogP contribution >= 0.6 is 11.6 Å². The topological polar surface area (TPSA) is 21.3 Å². The van der Waals surface area contributed by atoms with Gasteiger partial charge in [-0.15, -0.1) is 0 Å². The third-order valence-electron chi connectivity index (χ3n) is 3.61. The van der Waals surface area contributed by atoms with Crippen molar-refractivity contribution in [1.29, 1.82) is 0 Å². The highest BCUT2D eigenvalue weighted by atomic mass is 35.5. The summed E-state index contributed by atoms with van der Waals surface area (Å²) >= 11 is 6.12. The Morgan fingerprint density at radius 1 is 1.35 bits per heavy atom. The standard InChI is InChI=1S/C17H26ClNO/c1-13(2)12-20-9-8-15(11-19-17-6-7-17)14-4-3-5-16(18)10-14/h3-5,10,13,15,17,19H,6-9,11-12H2,1-2H3. The van der Waals surface area contributed by atoms with E-state index < -0.39 is 0 Å². The number of ether oxygens (including phenoxy) is 1. The number of hydrogen-bond acceptors (Lipinski definition) is 2. The van der Waals surface area contributed by atoms with Gasteiger partial charge < -0.3 is 10.1 Å². The lowest BCUT2D eigenvalue weighted by atomic mass is 9.96. The minimum Gasteiger partial charge on any atom is -0.381 e. The van der Waals surface area contributed by atoms with E-state index in [9.17, 15) is 0 Å². The maximum absolute atomic E-state index is 6.12. The number of hydrogen-bond donors (Lipinski definition) is 1. The van der Waals surface area contributed by atoms with Gasteiger partial charge in [0.15, 0.2) is 0 Å². The van der Waals surface area contributed by atoms with Crippen molar-refractivity contribution in [3.63, 3.8) is 0 Å². The zero-order valence-corrected chi connectivity index (χ0v) is 13.3. The molecule has 0 amide bonds. The van der Waals surface area contributed by atoms with Crippen LogP contribution in [-0.4, -0.2) is 25.8 Å². The Hall–Kier alpha value is -0.570. The molecule has 0 spiro atoms. The molecule has 112 valence electrons. The van der Waals surface area contributed by atoms with E-state index in [1.165, 1.54) is 18.4 Å². The first kappa shape index (κ1) is 15.8. The smallest absolute Gasteiger partial charge is 0.0488 e. The Morgan fingerprint density at radius 2 is 2.15 bits per heavy atom. The van der Waals surface area contributed by atoms with Crippen LogP contribution < -0.4 is 5.32 Å². The molecule has 0 saturated heterocycles. The van der Waals surface area contributed by atoms with Gasteiger partial charge in [0.25, 0.3) is 0 Å². The molecule has 1 N–H and O–H groups in total. The second kappa shape index (κ2) is 8.02. The van der Waals surface area contributed by atoms with Gasteiger partial charge in [0.1, 0.15) is 0 Å². The molecular weight excluding hydrogens is 270 g/mol. The van der Waals surface area contributed by atoms with E-state index in [1.54, 1.807) is 0 Å². The fourth-order valence-electron chi connectivity index (χ4n) is 2.29. The molecule has 1 aliphatic rings. The molecule has 3 heteroatoms. The van der Waals surface area contributed by atoms with E-state index >= 15 is 0 Å². The normalized spacial score (nSPS) is 16.6. The summed E-state index contributed by atoms with van der Waals surface area (Å²) in [4.78, 5) is 0. The highest BCUT2D eigenvalue weighted by Gasteiger charge is 2.22. The lowest BCUT2D eigenvalue weighted by molar-refractivity contribution is 0.103. The van der Waals surface area contributed by atoms with Crippen molar-refractivity contribution >= 4 is 11.6 Å². The van der Waals surface area contributed by atoms with Gasteiger partial charge in [-0.3, -0.25) is 0 Å². The van der Waals surface area contributed by atoms with Crippen LogP contribution in [0.1, 0.15) is 44.6 Å². The molecule has 0 aliphatic heterocycles. The molecule has 1 atom stereocenters. The largest absolute Gasteiger partial charge is 0.381 e. The van der Waals surface area contributed by atoms with Crippen molar-refractivity contribution in [1.82, 2.24) is 5.32 Å². The minimum absolute atomic E-state index is 0.487. The van der Waals surface area contributed by atoms with Gasteiger partial charge in [-0.05, 0) is 48.8 Å². The summed E-state index contributed by atoms with van der Waals surface area (Å²) < 4.78 is 5.74. The Labute approximate surface area is 127 Å². The summed E-state index contributed by atoms with van der Waals surface area (Å²) in [6.45, 7) is 7.06. The maximum Gasteiger partial charge on any atom is 0.0488 e. The van der Waals surface area contributed by atoms with Gasteiger partial charge in [0, 0.05) is 30.8 Å². The predicted octanol–water partition coefficient (Wildman–Crippen LogP) is 4.24. The van der Waals surface area contributed by atoms with Gasteiger partial charge in [0.05, 0.1) is 0 Å². The highest BCUT2D eigenvalue weighted by molar-refractivity contribution is 6.30. The average molecular weight is 296 g/mol. The SMILES string of the molecule is CC(C)COCCC(CNC1CC1)c1cccc(Cl)c1. The van der Waals surface area contributed by atoms with Crippen LogP contribution in [0.2, 0.25) is 5.02 Å². The maximum atomic E-state index is 6.12. The lowest BCUT2D eigenvalue weighted by Gasteiger charge is -2.19. The third kappa shape index (κ3) is 5.82. The summed E-state index contributed by atoms with van der Waals surface area (Å²) in [6, 6.07) is 8.98. The van der Waals surface area contributed by atoms with Crippen molar-refractivity contribution in [3.05, 3.63) is 34.9 Å². The van der Waals surface area contributed by atoms with Crippen LogP contribution in [0, 0.1) is 5.92 Å². The van der Waals surface area contributed by atoms with Gasteiger partial charge in [0.2, 0.25) is 0 Å². The quantitative estimate of drug-likeness (QED) is 0.688. The van der Waals surface area contributed by atoms with Crippen LogP contribution in [-0.2, 0) is 4.74 Å². The molecule has 2 rings (SSSR count). The van der Waals surface area contributed by atoms with Crippen LogP contribution in [0.5, 0.6) is 0 Å². The van der Waals surface area contributed by atoms with E-state index in [1.807, 2.05) is 12.1 Å². The highest BCUT2D eigenvalue weighted by Crippen LogP contribution is 2.25. The first-order valence-corrected chi connectivity index (χ1v) is 8.09. The molecule has 0 heterocycles. The van der Waals surface area contributed by atoms with E-state index in [0.717, 1.165) is 37.2 Å². The summed E-state index contributed by atoms with van der Waals surface area (Å²) in [5, 5.41) is 4.45.